The summed E-state index contributed by atoms with van der Waals surface area (Å²) in [6, 6.07) is 4.54. The van der Waals surface area contributed by atoms with E-state index >= 15 is 0 Å². The van der Waals surface area contributed by atoms with E-state index in [-0.39, 0.29) is 17.8 Å². The summed E-state index contributed by atoms with van der Waals surface area (Å²) in [6.45, 7) is 5.64. The molecule has 5 nitrogen and oxygen atoms in total. The molecule has 0 aliphatic heterocycles. The molecule has 1 aliphatic rings. The molecule has 1 heterocycles. The summed E-state index contributed by atoms with van der Waals surface area (Å²) in [5, 5.41) is 3.32. The predicted molar refractivity (Wildman–Crippen MR) is 89.0 cm³/mol. The number of anilines is 2. The van der Waals surface area contributed by atoms with E-state index in [2.05, 4.69) is 46.2 Å². The zero-order valence-corrected chi connectivity index (χ0v) is 13.7. The molecule has 2 atom stereocenters. The van der Waals surface area contributed by atoms with Crippen LogP contribution in [0.3, 0.4) is 0 Å². The molecule has 6 heteroatoms. The monoisotopic (exact) mass is 315 g/mol. The molecule has 0 saturated heterocycles. The Morgan fingerprint density at radius 2 is 2.04 bits per heavy atom. The second-order valence-corrected chi connectivity index (χ2v) is 6.23. The quantitative estimate of drug-likeness (QED) is 0.905. The molecule has 3 rings (SSSR count). The van der Waals surface area contributed by atoms with Gasteiger partial charge in [-0.05, 0) is 56.7 Å². The normalized spacial score (nSPS) is 18.3. The van der Waals surface area contributed by atoms with Gasteiger partial charge in [0.05, 0.1) is 6.04 Å². The van der Waals surface area contributed by atoms with Crippen LogP contribution in [-0.2, 0) is 6.42 Å². The Morgan fingerprint density at radius 1 is 1.26 bits per heavy atom. The minimum absolute atomic E-state index is 0.0402. The molecule has 23 heavy (non-hydrogen) atoms. The number of aryl methyl sites for hydroxylation is 2. The largest absolute Gasteiger partial charge is 0.368 e. The lowest BCUT2D eigenvalue weighted by Gasteiger charge is -2.28. The average molecular weight is 315 g/mol. The van der Waals surface area contributed by atoms with Gasteiger partial charge in [0.25, 0.3) is 0 Å². The molecular weight excluding hydrogens is 293 g/mol. The molecule has 1 unspecified atom stereocenters. The Hall–Kier alpha value is -2.24. The van der Waals surface area contributed by atoms with E-state index in [1.807, 2.05) is 0 Å². The Labute approximate surface area is 135 Å². The van der Waals surface area contributed by atoms with Crippen LogP contribution in [0.4, 0.5) is 16.3 Å². The molecule has 0 fully saturated rings. The van der Waals surface area contributed by atoms with Gasteiger partial charge in [-0.3, -0.25) is 0 Å². The lowest BCUT2D eigenvalue weighted by Crippen LogP contribution is -2.20. The number of hydrogen-bond acceptors (Lipinski definition) is 5. The van der Waals surface area contributed by atoms with E-state index in [0.717, 1.165) is 19.3 Å². The van der Waals surface area contributed by atoms with Crippen molar-refractivity contribution >= 4 is 11.9 Å². The van der Waals surface area contributed by atoms with Crippen LogP contribution in [0, 0.1) is 13.8 Å². The first-order valence-electron chi connectivity index (χ1n) is 7.96. The van der Waals surface area contributed by atoms with E-state index in [0.29, 0.717) is 5.95 Å². The Balaban J connectivity index is 1.94. The lowest BCUT2D eigenvalue weighted by molar-refractivity contribution is 0.356. The number of hydrogen-bond donors (Lipinski definition) is 2. The van der Waals surface area contributed by atoms with Crippen molar-refractivity contribution in [3.05, 3.63) is 40.2 Å². The summed E-state index contributed by atoms with van der Waals surface area (Å²) >= 11 is 0. The zero-order valence-electron chi connectivity index (χ0n) is 13.7. The summed E-state index contributed by atoms with van der Waals surface area (Å²) in [5.74, 6) is 0.448. The topological polar surface area (TPSA) is 76.7 Å². The number of alkyl halides is 1. The third-order valence-electron chi connectivity index (χ3n) is 4.28. The summed E-state index contributed by atoms with van der Waals surface area (Å²) < 4.78 is 13.5. The third kappa shape index (κ3) is 3.25. The SMILES string of the molecule is Cc1cc(C)c2c(c1)[C@H](Nc1nc(N)nc(C(C)F)n1)CCC2. The van der Waals surface area contributed by atoms with E-state index in [9.17, 15) is 4.39 Å². The van der Waals surface area contributed by atoms with E-state index in [1.54, 1.807) is 0 Å². The maximum Gasteiger partial charge on any atom is 0.228 e. The van der Waals surface area contributed by atoms with Crippen LogP contribution in [-0.4, -0.2) is 15.0 Å². The molecular formula is C17H22FN5. The number of nitrogens with zero attached hydrogens (tertiary/aromatic N) is 3. The number of benzene rings is 1. The predicted octanol–water partition coefficient (Wildman–Crippen LogP) is 3.59. The number of halogens is 1. The van der Waals surface area contributed by atoms with Gasteiger partial charge in [0.1, 0.15) is 0 Å². The molecule has 1 aromatic heterocycles. The maximum atomic E-state index is 13.5. The van der Waals surface area contributed by atoms with Gasteiger partial charge in [-0.1, -0.05) is 17.7 Å². The van der Waals surface area contributed by atoms with Gasteiger partial charge < -0.3 is 11.1 Å². The number of nitrogens with two attached hydrogens (primary N) is 1. The summed E-state index contributed by atoms with van der Waals surface area (Å²) in [4.78, 5) is 12.1. The average Bonchev–Trinajstić information content (AvgIpc) is 2.47. The first-order chi connectivity index (χ1) is 10.9. The van der Waals surface area contributed by atoms with E-state index in [1.165, 1.54) is 29.2 Å². The van der Waals surface area contributed by atoms with Crippen LogP contribution < -0.4 is 11.1 Å². The Kier molecular flexibility index (Phi) is 4.15. The summed E-state index contributed by atoms with van der Waals surface area (Å²) in [6.07, 6.45) is 1.90. The fraction of sp³-hybridized carbons (Fsp3) is 0.471. The van der Waals surface area contributed by atoms with Gasteiger partial charge in [0.15, 0.2) is 12.0 Å². The highest BCUT2D eigenvalue weighted by atomic mass is 19.1. The van der Waals surface area contributed by atoms with Crippen molar-refractivity contribution in [3.63, 3.8) is 0 Å². The minimum Gasteiger partial charge on any atom is -0.368 e. The van der Waals surface area contributed by atoms with Gasteiger partial charge in [-0.2, -0.15) is 15.0 Å². The third-order valence-corrected chi connectivity index (χ3v) is 4.28. The second-order valence-electron chi connectivity index (χ2n) is 6.23. The molecule has 0 saturated carbocycles. The van der Waals surface area contributed by atoms with E-state index in [4.69, 9.17) is 5.73 Å². The fourth-order valence-electron chi connectivity index (χ4n) is 3.28. The number of fused-ring (bicyclic) bond motifs is 1. The number of nitrogen functional groups attached to an aromatic ring is 1. The number of aromatic nitrogens is 3. The van der Waals surface area contributed by atoms with Crippen LogP contribution in [0.5, 0.6) is 0 Å². The van der Waals surface area contributed by atoms with Crippen molar-refractivity contribution in [2.24, 2.45) is 0 Å². The van der Waals surface area contributed by atoms with Crippen molar-refractivity contribution in [1.82, 2.24) is 15.0 Å². The van der Waals surface area contributed by atoms with Crippen molar-refractivity contribution < 1.29 is 4.39 Å². The van der Waals surface area contributed by atoms with Crippen molar-refractivity contribution in [1.29, 1.82) is 0 Å². The van der Waals surface area contributed by atoms with Crippen molar-refractivity contribution in [3.8, 4) is 0 Å². The summed E-state index contributed by atoms with van der Waals surface area (Å²) in [7, 11) is 0. The second kappa shape index (κ2) is 6.10. The number of nitrogens with one attached hydrogen (secondary N) is 1. The van der Waals surface area contributed by atoms with Crippen molar-refractivity contribution in [2.45, 2.75) is 52.2 Å². The first-order valence-corrected chi connectivity index (χ1v) is 7.96. The number of rotatable bonds is 3. The highest BCUT2D eigenvalue weighted by Crippen LogP contribution is 2.34. The summed E-state index contributed by atoms with van der Waals surface area (Å²) in [5.41, 5.74) is 10.9. The van der Waals surface area contributed by atoms with Gasteiger partial charge in [-0.25, -0.2) is 4.39 Å². The van der Waals surface area contributed by atoms with Gasteiger partial charge in [0.2, 0.25) is 11.9 Å². The van der Waals surface area contributed by atoms with Crippen molar-refractivity contribution in [2.75, 3.05) is 11.1 Å². The van der Waals surface area contributed by atoms with Crippen LogP contribution >= 0.6 is 0 Å². The standard InChI is InChI=1S/C17H22FN5/c1-9-7-10(2)12-5-4-6-14(13(12)8-9)20-17-22-15(11(3)18)21-16(19)23-17/h7-8,11,14H,4-6H2,1-3H3,(H3,19,20,21,22,23)/t11?,14-/m1/s1. The van der Waals surface area contributed by atoms with Crippen LogP contribution in [0.2, 0.25) is 0 Å². The lowest BCUT2D eigenvalue weighted by atomic mass is 9.84. The van der Waals surface area contributed by atoms with Crippen LogP contribution in [0.25, 0.3) is 0 Å². The van der Waals surface area contributed by atoms with Gasteiger partial charge >= 0.3 is 0 Å². The molecule has 2 aromatic rings. The van der Waals surface area contributed by atoms with Gasteiger partial charge in [-0.15, -0.1) is 0 Å². The maximum absolute atomic E-state index is 13.5. The van der Waals surface area contributed by atoms with Gasteiger partial charge in [0, 0.05) is 0 Å². The smallest absolute Gasteiger partial charge is 0.228 e. The highest BCUT2D eigenvalue weighted by molar-refractivity contribution is 5.45. The molecule has 1 aliphatic carbocycles. The first kappa shape index (κ1) is 15.6. The molecule has 0 radical (unpaired) electrons. The fourth-order valence-corrected chi connectivity index (χ4v) is 3.28. The minimum atomic E-state index is -1.27. The molecule has 1 aromatic carbocycles. The molecule has 0 bridgehead atoms. The molecule has 3 N–H and O–H groups in total. The highest BCUT2D eigenvalue weighted by Gasteiger charge is 2.23. The van der Waals surface area contributed by atoms with E-state index < -0.39 is 6.17 Å². The Bertz CT molecular complexity index is 729. The molecule has 122 valence electrons. The van der Waals surface area contributed by atoms with Crippen LogP contribution in [0.15, 0.2) is 12.1 Å². The zero-order chi connectivity index (χ0) is 16.6. The Morgan fingerprint density at radius 3 is 2.78 bits per heavy atom. The molecule has 0 amide bonds. The molecule has 0 spiro atoms. The van der Waals surface area contributed by atoms with Crippen LogP contribution in [0.1, 0.15) is 60.1 Å².